The van der Waals surface area contributed by atoms with Crippen molar-refractivity contribution in [3.8, 4) is 0 Å². The Balaban J connectivity index is 1.89. The second kappa shape index (κ2) is 4.21. The van der Waals surface area contributed by atoms with Gasteiger partial charge in [-0.25, -0.2) is 0 Å². The second-order valence-corrected chi connectivity index (χ2v) is 5.73. The topological polar surface area (TPSA) is 12.0 Å². The summed E-state index contributed by atoms with van der Waals surface area (Å²) in [6, 6.07) is 7.39. The van der Waals surface area contributed by atoms with E-state index in [-0.39, 0.29) is 0 Å². The summed E-state index contributed by atoms with van der Waals surface area (Å²) in [7, 11) is 0. The van der Waals surface area contributed by atoms with Crippen molar-refractivity contribution < 1.29 is 0 Å². The average molecular weight is 256 g/mol. The van der Waals surface area contributed by atoms with E-state index in [2.05, 4.69) is 11.4 Å². The molecule has 2 saturated heterocycles. The van der Waals surface area contributed by atoms with Crippen LogP contribution in [0.15, 0.2) is 18.2 Å². The molecule has 2 aliphatic heterocycles. The molecule has 0 saturated carbocycles. The van der Waals surface area contributed by atoms with Gasteiger partial charge in [-0.1, -0.05) is 35.3 Å². The van der Waals surface area contributed by atoms with E-state index >= 15 is 0 Å². The lowest BCUT2D eigenvalue weighted by molar-refractivity contribution is 0.363. The number of fused-ring (bicyclic) bond motifs is 2. The van der Waals surface area contributed by atoms with Crippen LogP contribution >= 0.6 is 23.2 Å². The lowest BCUT2D eigenvalue weighted by atomic mass is 9.86. The molecule has 2 heterocycles. The first-order valence-electron chi connectivity index (χ1n) is 5.94. The third-order valence-corrected chi connectivity index (χ3v) is 4.73. The molecule has 0 aromatic heterocycles. The number of rotatable bonds is 1. The first-order valence-corrected chi connectivity index (χ1v) is 6.69. The summed E-state index contributed by atoms with van der Waals surface area (Å²) in [4.78, 5) is 0. The summed E-state index contributed by atoms with van der Waals surface area (Å²) in [5.41, 5.74) is 1.24. The van der Waals surface area contributed by atoms with Crippen LogP contribution in [0.5, 0.6) is 0 Å². The first kappa shape index (κ1) is 10.9. The fourth-order valence-corrected chi connectivity index (χ4v) is 3.61. The summed E-state index contributed by atoms with van der Waals surface area (Å²) in [6.07, 6.45) is 5.05. The largest absolute Gasteiger partial charge is 0.311 e. The van der Waals surface area contributed by atoms with Crippen molar-refractivity contribution in [3.63, 3.8) is 0 Å². The Morgan fingerprint density at radius 3 is 2.44 bits per heavy atom. The Kier molecular flexibility index (Phi) is 2.87. The van der Waals surface area contributed by atoms with Crippen LogP contribution in [0.4, 0.5) is 0 Å². The molecule has 1 aromatic carbocycles. The standard InChI is InChI=1S/C13H15Cl2N/c14-12-3-1-2-11(13(12)15)8-6-9-4-5-10(7-8)16-9/h1-3,8-10,16H,4-7H2. The molecule has 0 aliphatic carbocycles. The van der Waals surface area contributed by atoms with Gasteiger partial charge in [0.2, 0.25) is 0 Å². The number of piperidine rings is 1. The van der Waals surface area contributed by atoms with Crippen LogP contribution < -0.4 is 5.32 Å². The Morgan fingerprint density at radius 2 is 1.75 bits per heavy atom. The number of nitrogens with one attached hydrogen (secondary N) is 1. The summed E-state index contributed by atoms with van der Waals surface area (Å²) >= 11 is 12.4. The zero-order chi connectivity index (χ0) is 11.1. The van der Waals surface area contributed by atoms with Crippen LogP contribution in [0.2, 0.25) is 10.0 Å². The monoisotopic (exact) mass is 255 g/mol. The Bertz CT molecular complexity index is 393. The van der Waals surface area contributed by atoms with Crippen molar-refractivity contribution in [2.45, 2.75) is 43.7 Å². The maximum atomic E-state index is 6.29. The van der Waals surface area contributed by atoms with Crippen molar-refractivity contribution in [2.75, 3.05) is 0 Å². The van der Waals surface area contributed by atoms with Gasteiger partial charge in [-0.15, -0.1) is 0 Å². The van der Waals surface area contributed by atoms with Crippen molar-refractivity contribution in [2.24, 2.45) is 0 Å². The van der Waals surface area contributed by atoms with E-state index in [4.69, 9.17) is 23.2 Å². The highest BCUT2D eigenvalue weighted by Crippen LogP contribution is 2.41. The minimum Gasteiger partial charge on any atom is -0.311 e. The van der Waals surface area contributed by atoms with Crippen LogP contribution in [0.25, 0.3) is 0 Å². The number of halogens is 2. The predicted molar refractivity (Wildman–Crippen MR) is 68.4 cm³/mol. The van der Waals surface area contributed by atoms with E-state index < -0.39 is 0 Å². The molecule has 16 heavy (non-hydrogen) atoms. The molecular weight excluding hydrogens is 241 g/mol. The number of hydrogen-bond acceptors (Lipinski definition) is 1. The van der Waals surface area contributed by atoms with Gasteiger partial charge < -0.3 is 5.32 Å². The molecule has 2 aliphatic rings. The maximum Gasteiger partial charge on any atom is 0.0627 e. The predicted octanol–water partition coefficient (Wildman–Crippen LogP) is 3.99. The Morgan fingerprint density at radius 1 is 1.06 bits per heavy atom. The zero-order valence-corrected chi connectivity index (χ0v) is 10.6. The van der Waals surface area contributed by atoms with E-state index in [1.807, 2.05) is 12.1 Å². The third kappa shape index (κ3) is 1.85. The zero-order valence-electron chi connectivity index (χ0n) is 9.05. The fraction of sp³-hybridized carbons (Fsp3) is 0.538. The molecule has 3 rings (SSSR count). The van der Waals surface area contributed by atoms with Gasteiger partial charge in [-0.2, -0.15) is 0 Å². The molecule has 0 amide bonds. The molecule has 2 unspecified atom stereocenters. The minimum absolute atomic E-state index is 0.588. The molecule has 1 nitrogen and oxygen atoms in total. The van der Waals surface area contributed by atoms with Gasteiger partial charge in [-0.05, 0) is 43.2 Å². The highest BCUT2D eigenvalue weighted by molar-refractivity contribution is 6.42. The van der Waals surface area contributed by atoms with Crippen LogP contribution in [-0.4, -0.2) is 12.1 Å². The van der Waals surface area contributed by atoms with E-state index in [1.54, 1.807) is 0 Å². The lowest BCUT2D eigenvalue weighted by Crippen LogP contribution is -2.37. The van der Waals surface area contributed by atoms with E-state index in [0.717, 1.165) is 5.02 Å². The molecule has 2 atom stereocenters. The molecule has 0 radical (unpaired) electrons. The van der Waals surface area contributed by atoms with Crippen LogP contribution in [-0.2, 0) is 0 Å². The first-order chi connectivity index (χ1) is 7.74. The van der Waals surface area contributed by atoms with Crippen LogP contribution in [0.1, 0.15) is 37.2 Å². The Labute approximate surface area is 106 Å². The highest BCUT2D eigenvalue weighted by Gasteiger charge is 2.34. The molecule has 86 valence electrons. The quantitative estimate of drug-likeness (QED) is 0.801. The second-order valence-electron chi connectivity index (χ2n) is 4.95. The Hall–Kier alpha value is -0.240. The van der Waals surface area contributed by atoms with Gasteiger partial charge >= 0.3 is 0 Å². The maximum absolute atomic E-state index is 6.29. The van der Waals surface area contributed by atoms with Crippen molar-refractivity contribution >= 4 is 23.2 Å². The lowest BCUT2D eigenvalue weighted by Gasteiger charge is -2.30. The molecule has 0 spiro atoms. The molecular formula is C13H15Cl2N. The van der Waals surface area contributed by atoms with E-state index in [0.29, 0.717) is 23.0 Å². The smallest absolute Gasteiger partial charge is 0.0627 e. The van der Waals surface area contributed by atoms with Crippen LogP contribution in [0.3, 0.4) is 0 Å². The van der Waals surface area contributed by atoms with Crippen molar-refractivity contribution in [1.82, 2.24) is 5.32 Å². The number of benzene rings is 1. The summed E-state index contributed by atoms with van der Waals surface area (Å²) < 4.78 is 0. The third-order valence-electron chi connectivity index (χ3n) is 3.89. The van der Waals surface area contributed by atoms with Crippen molar-refractivity contribution in [1.29, 1.82) is 0 Å². The summed E-state index contributed by atoms with van der Waals surface area (Å²) in [6.45, 7) is 0. The fourth-order valence-electron chi connectivity index (χ4n) is 3.15. The summed E-state index contributed by atoms with van der Waals surface area (Å²) in [5, 5.41) is 5.09. The molecule has 2 bridgehead atoms. The molecule has 1 N–H and O–H groups in total. The van der Waals surface area contributed by atoms with E-state index in [1.165, 1.54) is 31.2 Å². The van der Waals surface area contributed by atoms with Crippen molar-refractivity contribution in [3.05, 3.63) is 33.8 Å². The summed E-state index contributed by atoms with van der Waals surface area (Å²) in [5.74, 6) is 0.588. The minimum atomic E-state index is 0.588. The normalized spacial score (nSPS) is 33.0. The van der Waals surface area contributed by atoms with Gasteiger partial charge in [0.05, 0.1) is 10.0 Å². The molecule has 2 fully saturated rings. The van der Waals surface area contributed by atoms with Gasteiger partial charge in [0.1, 0.15) is 0 Å². The molecule has 3 heteroatoms. The van der Waals surface area contributed by atoms with E-state index in [9.17, 15) is 0 Å². The SMILES string of the molecule is Clc1cccc(C2CC3CCC(C2)N3)c1Cl. The number of hydrogen-bond donors (Lipinski definition) is 1. The van der Waals surface area contributed by atoms with Gasteiger partial charge in [0.15, 0.2) is 0 Å². The van der Waals surface area contributed by atoms with Gasteiger partial charge in [-0.3, -0.25) is 0 Å². The van der Waals surface area contributed by atoms with Crippen LogP contribution in [0, 0.1) is 0 Å². The average Bonchev–Trinajstić information content (AvgIpc) is 2.62. The molecule has 1 aromatic rings. The van der Waals surface area contributed by atoms with Gasteiger partial charge in [0.25, 0.3) is 0 Å². The van der Waals surface area contributed by atoms with Gasteiger partial charge in [0, 0.05) is 12.1 Å². The highest BCUT2D eigenvalue weighted by atomic mass is 35.5.